The van der Waals surface area contributed by atoms with Gasteiger partial charge in [-0.1, -0.05) is 30.3 Å². The van der Waals surface area contributed by atoms with E-state index in [-0.39, 0.29) is 6.10 Å². The van der Waals surface area contributed by atoms with Gasteiger partial charge in [-0.25, -0.2) is 0 Å². The van der Waals surface area contributed by atoms with Crippen LogP contribution in [0.5, 0.6) is 0 Å². The number of hydrogen-bond acceptors (Lipinski definition) is 3. The third kappa shape index (κ3) is 2.99. The van der Waals surface area contributed by atoms with Crippen LogP contribution in [0.2, 0.25) is 0 Å². The Balaban J connectivity index is 1.56. The number of aliphatic hydroxyl groups excluding tert-OH is 1. The number of nitrogens with zero attached hydrogens (tertiary/aromatic N) is 2. The van der Waals surface area contributed by atoms with Gasteiger partial charge in [-0.15, -0.1) is 0 Å². The van der Waals surface area contributed by atoms with Crippen molar-refractivity contribution in [3.8, 4) is 0 Å². The quantitative estimate of drug-likeness (QED) is 0.889. The van der Waals surface area contributed by atoms with Crippen LogP contribution in [0.1, 0.15) is 18.9 Å². The lowest BCUT2D eigenvalue weighted by Gasteiger charge is -2.42. The Morgan fingerprint density at radius 1 is 1.16 bits per heavy atom. The second-order valence-electron chi connectivity index (χ2n) is 6.08. The summed E-state index contributed by atoms with van der Waals surface area (Å²) >= 11 is 0. The van der Waals surface area contributed by atoms with Gasteiger partial charge in [0.2, 0.25) is 0 Å². The first kappa shape index (κ1) is 13.1. The van der Waals surface area contributed by atoms with Gasteiger partial charge in [0.25, 0.3) is 0 Å². The molecule has 3 nitrogen and oxygen atoms in total. The number of piperazine rings is 1. The molecule has 1 aromatic carbocycles. The fourth-order valence-electron chi connectivity index (χ4n) is 3.51. The minimum Gasteiger partial charge on any atom is -0.392 e. The predicted octanol–water partition coefficient (Wildman–Crippen LogP) is 1.37. The largest absolute Gasteiger partial charge is 0.392 e. The zero-order valence-corrected chi connectivity index (χ0v) is 11.7. The van der Waals surface area contributed by atoms with Crippen LogP contribution >= 0.6 is 0 Å². The minimum absolute atomic E-state index is 0.105. The highest BCUT2D eigenvalue weighted by molar-refractivity contribution is 5.15. The number of fused-ring (bicyclic) bond motifs is 1. The Kier molecular flexibility index (Phi) is 3.87. The van der Waals surface area contributed by atoms with Crippen molar-refractivity contribution in [2.24, 2.45) is 0 Å². The van der Waals surface area contributed by atoms with Gasteiger partial charge in [0, 0.05) is 38.3 Å². The van der Waals surface area contributed by atoms with Gasteiger partial charge in [0.1, 0.15) is 0 Å². The van der Waals surface area contributed by atoms with Crippen molar-refractivity contribution in [3.63, 3.8) is 0 Å². The second-order valence-corrected chi connectivity index (χ2v) is 6.08. The highest BCUT2D eigenvalue weighted by Gasteiger charge is 2.37. The number of hydrogen-bond donors (Lipinski definition) is 1. The van der Waals surface area contributed by atoms with E-state index in [4.69, 9.17) is 0 Å². The molecule has 1 aromatic rings. The summed E-state index contributed by atoms with van der Waals surface area (Å²) in [5, 5.41) is 9.78. The molecule has 0 bridgehead atoms. The average molecular weight is 260 g/mol. The Hall–Kier alpha value is -0.900. The summed E-state index contributed by atoms with van der Waals surface area (Å²) in [7, 11) is 0. The van der Waals surface area contributed by atoms with Crippen molar-refractivity contribution in [1.29, 1.82) is 0 Å². The third-order valence-corrected chi connectivity index (χ3v) is 4.60. The standard InChI is InChI=1S/C16H24N2O/c1-13-10-18-12-16(19)9-15(18)11-17(13)8-7-14-5-3-2-4-6-14/h2-6,13,15-16,19H,7-12H2,1H3/t13-,15?,16-/m1/s1. The van der Waals surface area contributed by atoms with E-state index in [1.165, 1.54) is 5.56 Å². The van der Waals surface area contributed by atoms with Crippen molar-refractivity contribution < 1.29 is 5.11 Å². The summed E-state index contributed by atoms with van der Waals surface area (Å²) in [5.74, 6) is 0. The number of benzene rings is 1. The summed E-state index contributed by atoms with van der Waals surface area (Å²) in [5.41, 5.74) is 1.42. The van der Waals surface area contributed by atoms with Crippen molar-refractivity contribution in [2.45, 2.75) is 38.0 Å². The summed E-state index contributed by atoms with van der Waals surface area (Å²) in [6, 6.07) is 11.9. The molecule has 3 rings (SSSR count). The van der Waals surface area contributed by atoms with Crippen LogP contribution < -0.4 is 0 Å². The smallest absolute Gasteiger partial charge is 0.0682 e. The van der Waals surface area contributed by atoms with Gasteiger partial charge in [-0.3, -0.25) is 9.80 Å². The zero-order valence-electron chi connectivity index (χ0n) is 11.7. The molecule has 0 aliphatic carbocycles. The van der Waals surface area contributed by atoms with E-state index < -0.39 is 0 Å². The minimum atomic E-state index is -0.105. The van der Waals surface area contributed by atoms with Crippen LogP contribution in [-0.2, 0) is 6.42 Å². The molecular formula is C16H24N2O. The molecule has 0 spiro atoms. The van der Waals surface area contributed by atoms with Crippen LogP contribution in [0.4, 0.5) is 0 Å². The third-order valence-electron chi connectivity index (χ3n) is 4.60. The first-order valence-corrected chi connectivity index (χ1v) is 7.42. The molecule has 1 N–H and O–H groups in total. The molecule has 2 saturated heterocycles. The molecule has 2 fully saturated rings. The molecule has 19 heavy (non-hydrogen) atoms. The molecule has 0 amide bonds. The molecular weight excluding hydrogens is 236 g/mol. The molecule has 0 radical (unpaired) electrons. The van der Waals surface area contributed by atoms with Gasteiger partial charge >= 0.3 is 0 Å². The van der Waals surface area contributed by atoms with Crippen molar-refractivity contribution >= 4 is 0 Å². The lowest BCUT2D eigenvalue weighted by molar-refractivity contribution is 0.0591. The van der Waals surface area contributed by atoms with Gasteiger partial charge in [0.15, 0.2) is 0 Å². The Morgan fingerprint density at radius 2 is 1.95 bits per heavy atom. The van der Waals surface area contributed by atoms with Crippen LogP contribution in [0.15, 0.2) is 30.3 Å². The van der Waals surface area contributed by atoms with Crippen LogP contribution in [0.25, 0.3) is 0 Å². The van der Waals surface area contributed by atoms with Crippen molar-refractivity contribution in [1.82, 2.24) is 9.80 Å². The maximum absolute atomic E-state index is 9.78. The Morgan fingerprint density at radius 3 is 2.74 bits per heavy atom. The molecule has 0 saturated carbocycles. The van der Waals surface area contributed by atoms with Crippen molar-refractivity contribution in [2.75, 3.05) is 26.2 Å². The lowest BCUT2D eigenvalue weighted by Crippen LogP contribution is -2.55. The SMILES string of the molecule is C[C@@H]1CN2C[C@H](O)CC2CN1CCc1ccccc1. The molecule has 104 valence electrons. The monoisotopic (exact) mass is 260 g/mol. The summed E-state index contributed by atoms with van der Waals surface area (Å²) in [4.78, 5) is 5.06. The first-order chi connectivity index (χ1) is 9.22. The fraction of sp³-hybridized carbons (Fsp3) is 0.625. The van der Waals surface area contributed by atoms with Crippen LogP contribution in [-0.4, -0.2) is 59.3 Å². The highest BCUT2D eigenvalue weighted by Crippen LogP contribution is 2.25. The average Bonchev–Trinajstić information content (AvgIpc) is 2.76. The topological polar surface area (TPSA) is 26.7 Å². The van der Waals surface area contributed by atoms with E-state index in [0.29, 0.717) is 12.1 Å². The molecule has 2 heterocycles. The van der Waals surface area contributed by atoms with Gasteiger partial charge in [-0.2, -0.15) is 0 Å². The summed E-state index contributed by atoms with van der Waals surface area (Å²) in [6.45, 7) is 6.54. The van der Waals surface area contributed by atoms with E-state index in [1.807, 2.05) is 0 Å². The Labute approximate surface area is 115 Å². The van der Waals surface area contributed by atoms with Gasteiger partial charge in [-0.05, 0) is 25.3 Å². The molecule has 2 aliphatic heterocycles. The van der Waals surface area contributed by atoms with E-state index >= 15 is 0 Å². The maximum Gasteiger partial charge on any atom is 0.0682 e. The fourth-order valence-corrected chi connectivity index (χ4v) is 3.51. The van der Waals surface area contributed by atoms with Crippen LogP contribution in [0, 0.1) is 0 Å². The molecule has 3 atom stereocenters. The number of rotatable bonds is 3. The molecule has 3 heteroatoms. The molecule has 0 aromatic heterocycles. The summed E-state index contributed by atoms with van der Waals surface area (Å²) in [6.07, 6.45) is 1.97. The summed E-state index contributed by atoms with van der Waals surface area (Å²) < 4.78 is 0. The zero-order chi connectivity index (χ0) is 13.2. The lowest BCUT2D eigenvalue weighted by atomic mass is 10.1. The van der Waals surface area contributed by atoms with Gasteiger partial charge in [0.05, 0.1) is 6.10 Å². The second kappa shape index (κ2) is 5.61. The van der Waals surface area contributed by atoms with E-state index in [2.05, 4.69) is 47.1 Å². The number of aliphatic hydroxyl groups is 1. The van der Waals surface area contributed by atoms with E-state index in [0.717, 1.165) is 39.0 Å². The maximum atomic E-state index is 9.78. The molecule has 2 aliphatic rings. The van der Waals surface area contributed by atoms with Gasteiger partial charge < -0.3 is 5.11 Å². The van der Waals surface area contributed by atoms with Crippen LogP contribution in [0.3, 0.4) is 0 Å². The molecule has 1 unspecified atom stereocenters. The first-order valence-electron chi connectivity index (χ1n) is 7.42. The Bertz CT molecular complexity index is 408. The van der Waals surface area contributed by atoms with E-state index in [9.17, 15) is 5.11 Å². The van der Waals surface area contributed by atoms with E-state index in [1.54, 1.807) is 0 Å². The normalized spacial score (nSPS) is 32.4. The highest BCUT2D eigenvalue weighted by atomic mass is 16.3. The predicted molar refractivity (Wildman–Crippen MR) is 77.2 cm³/mol. The van der Waals surface area contributed by atoms with Crippen molar-refractivity contribution in [3.05, 3.63) is 35.9 Å².